The molecule has 0 spiro atoms. The molecule has 13 heavy (non-hydrogen) atoms. The van der Waals surface area contributed by atoms with Gasteiger partial charge in [-0.25, -0.2) is 4.79 Å². The molecule has 1 rings (SSSR count). The zero-order valence-corrected chi connectivity index (χ0v) is 7.51. The van der Waals surface area contributed by atoms with Gasteiger partial charge in [-0.15, -0.1) is 0 Å². The maximum Gasteiger partial charge on any atom is 0.326 e. The average Bonchev–Trinajstić information content (AvgIpc) is 2.57. The van der Waals surface area contributed by atoms with Crippen LogP contribution in [0.2, 0.25) is 0 Å². The van der Waals surface area contributed by atoms with Crippen molar-refractivity contribution in [3.63, 3.8) is 0 Å². The van der Waals surface area contributed by atoms with Crippen molar-refractivity contribution in [2.24, 2.45) is 0 Å². The van der Waals surface area contributed by atoms with Crippen molar-refractivity contribution in [1.29, 1.82) is 0 Å². The van der Waals surface area contributed by atoms with Crippen molar-refractivity contribution in [3.8, 4) is 0 Å². The van der Waals surface area contributed by atoms with Crippen molar-refractivity contribution in [1.82, 2.24) is 4.57 Å². The van der Waals surface area contributed by atoms with Crippen LogP contribution in [-0.2, 0) is 9.53 Å². The summed E-state index contributed by atoms with van der Waals surface area (Å²) in [5.41, 5.74) is 0. The second kappa shape index (κ2) is 4.67. The largest absolute Gasteiger partial charge is 0.480 e. The first-order chi connectivity index (χ1) is 6.25. The van der Waals surface area contributed by atoms with E-state index in [0.717, 1.165) is 0 Å². The van der Waals surface area contributed by atoms with Gasteiger partial charge in [0, 0.05) is 32.5 Å². The fourth-order valence-corrected chi connectivity index (χ4v) is 1.19. The van der Waals surface area contributed by atoms with Gasteiger partial charge in [0.1, 0.15) is 6.04 Å². The Hall–Kier alpha value is -1.29. The number of nitrogens with zero attached hydrogens (tertiary/aromatic N) is 1. The van der Waals surface area contributed by atoms with Gasteiger partial charge >= 0.3 is 5.97 Å². The van der Waals surface area contributed by atoms with Gasteiger partial charge < -0.3 is 14.4 Å². The van der Waals surface area contributed by atoms with E-state index in [1.807, 2.05) is 12.1 Å². The predicted molar refractivity (Wildman–Crippen MR) is 47.6 cm³/mol. The SMILES string of the molecule is COCCC(C(=O)O)n1cccc1. The molecule has 4 nitrogen and oxygen atoms in total. The molecule has 0 aromatic carbocycles. The maximum atomic E-state index is 10.8. The molecule has 72 valence electrons. The van der Waals surface area contributed by atoms with Crippen molar-refractivity contribution in [2.45, 2.75) is 12.5 Å². The van der Waals surface area contributed by atoms with Gasteiger partial charge in [-0.3, -0.25) is 0 Å². The highest BCUT2D eigenvalue weighted by molar-refractivity contribution is 5.71. The van der Waals surface area contributed by atoms with E-state index >= 15 is 0 Å². The van der Waals surface area contributed by atoms with Crippen LogP contribution in [0.3, 0.4) is 0 Å². The Morgan fingerprint density at radius 2 is 2.15 bits per heavy atom. The molecule has 0 amide bonds. The predicted octanol–water partition coefficient (Wildman–Crippen LogP) is 1.15. The molecule has 1 N–H and O–H groups in total. The molecule has 1 aromatic heterocycles. The van der Waals surface area contributed by atoms with Gasteiger partial charge in [-0.1, -0.05) is 0 Å². The third kappa shape index (κ3) is 2.59. The Balaban J connectivity index is 2.63. The van der Waals surface area contributed by atoms with E-state index in [-0.39, 0.29) is 0 Å². The molecule has 1 heterocycles. The molecule has 0 radical (unpaired) electrons. The Kier molecular flexibility index (Phi) is 3.52. The Labute approximate surface area is 76.7 Å². The molecule has 0 saturated heterocycles. The number of carboxylic acid groups (broad SMARTS) is 1. The van der Waals surface area contributed by atoms with Gasteiger partial charge in [0.2, 0.25) is 0 Å². The summed E-state index contributed by atoms with van der Waals surface area (Å²) in [6.07, 6.45) is 3.98. The second-order valence-electron chi connectivity index (χ2n) is 2.77. The standard InChI is InChI=1S/C9H13NO3/c1-13-7-4-8(9(11)12)10-5-2-3-6-10/h2-3,5-6,8H,4,7H2,1H3,(H,11,12). The van der Waals surface area contributed by atoms with Gasteiger partial charge in [-0.2, -0.15) is 0 Å². The summed E-state index contributed by atoms with van der Waals surface area (Å²) in [5.74, 6) is -0.826. The number of aliphatic carboxylic acids is 1. The number of carboxylic acids is 1. The third-order valence-electron chi connectivity index (χ3n) is 1.87. The van der Waals surface area contributed by atoms with E-state index < -0.39 is 12.0 Å². The van der Waals surface area contributed by atoms with Crippen LogP contribution < -0.4 is 0 Å². The number of rotatable bonds is 5. The van der Waals surface area contributed by atoms with Crippen molar-refractivity contribution < 1.29 is 14.6 Å². The van der Waals surface area contributed by atoms with E-state index in [1.165, 1.54) is 0 Å². The lowest BCUT2D eigenvalue weighted by atomic mass is 10.2. The Bertz CT molecular complexity index is 256. The fraction of sp³-hybridized carbons (Fsp3) is 0.444. The summed E-state index contributed by atoms with van der Waals surface area (Å²) >= 11 is 0. The van der Waals surface area contributed by atoms with Crippen molar-refractivity contribution in [2.75, 3.05) is 13.7 Å². The number of hydrogen-bond acceptors (Lipinski definition) is 2. The molecule has 0 saturated carbocycles. The second-order valence-corrected chi connectivity index (χ2v) is 2.77. The van der Waals surface area contributed by atoms with Crippen LogP contribution in [0.15, 0.2) is 24.5 Å². The first-order valence-electron chi connectivity index (χ1n) is 4.10. The van der Waals surface area contributed by atoms with Gasteiger partial charge in [0.15, 0.2) is 0 Å². The average molecular weight is 183 g/mol. The molecule has 1 atom stereocenters. The minimum absolute atomic E-state index is 0.454. The van der Waals surface area contributed by atoms with E-state index in [2.05, 4.69) is 0 Å². The zero-order chi connectivity index (χ0) is 9.68. The lowest BCUT2D eigenvalue weighted by Crippen LogP contribution is -2.19. The first kappa shape index (κ1) is 9.80. The quantitative estimate of drug-likeness (QED) is 0.745. The van der Waals surface area contributed by atoms with Gasteiger partial charge in [0.25, 0.3) is 0 Å². The zero-order valence-electron chi connectivity index (χ0n) is 7.51. The van der Waals surface area contributed by atoms with E-state index in [1.54, 1.807) is 24.1 Å². The molecule has 0 aliphatic heterocycles. The normalized spacial score (nSPS) is 12.7. The summed E-state index contributed by atoms with van der Waals surface area (Å²) in [7, 11) is 1.56. The van der Waals surface area contributed by atoms with Gasteiger partial charge in [-0.05, 0) is 12.1 Å². The summed E-state index contributed by atoms with van der Waals surface area (Å²) < 4.78 is 6.51. The fourth-order valence-electron chi connectivity index (χ4n) is 1.19. The van der Waals surface area contributed by atoms with Crippen LogP contribution in [0.5, 0.6) is 0 Å². The van der Waals surface area contributed by atoms with Crippen LogP contribution in [0, 0.1) is 0 Å². The molecule has 0 aliphatic rings. The highest BCUT2D eigenvalue weighted by Crippen LogP contribution is 2.11. The molecule has 0 aliphatic carbocycles. The Morgan fingerprint density at radius 3 is 2.62 bits per heavy atom. The monoisotopic (exact) mass is 183 g/mol. The Morgan fingerprint density at radius 1 is 1.54 bits per heavy atom. The molecule has 4 heteroatoms. The lowest BCUT2D eigenvalue weighted by Gasteiger charge is -2.13. The summed E-state index contributed by atoms with van der Waals surface area (Å²) in [6, 6.07) is 3.10. The molecule has 1 unspecified atom stereocenters. The summed E-state index contributed by atoms with van der Waals surface area (Å²) in [4.78, 5) is 10.8. The van der Waals surface area contributed by atoms with Crippen LogP contribution in [-0.4, -0.2) is 29.4 Å². The molecular formula is C9H13NO3. The minimum atomic E-state index is -0.826. The number of aromatic nitrogens is 1. The topological polar surface area (TPSA) is 51.5 Å². The molecule has 0 fully saturated rings. The van der Waals surface area contributed by atoms with Gasteiger partial charge in [0.05, 0.1) is 0 Å². The smallest absolute Gasteiger partial charge is 0.326 e. The van der Waals surface area contributed by atoms with E-state index in [9.17, 15) is 4.79 Å². The van der Waals surface area contributed by atoms with Crippen LogP contribution in [0.4, 0.5) is 0 Å². The molecule has 1 aromatic rings. The number of ether oxygens (including phenoxy) is 1. The van der Waals surface area contributed by atoms with Crippen molar-refractivity contribution in [3.05, 3.63) is 24.5 Å². The van der Waals surface area contributed by atoms with E-state index in [4.69, 9.17) is 9.84 Å². The maximum absolute atomic E-state index is 10.8. The van der Waals surface area contributed by atoms with Crippen LogP contribution in [0.25, 0.3) is 0 Å². The van der Waals surface area contributed by atoms with Crippen LogP contribution >= 0.6 is 0 Å². The molecular weight excluding hydrogens is 170 g/mol. The number of carbonyl (C=O) groups is 1. The van der Waals surface area contributed by atoms with Crippen LogP contribution in [0.1, 0.15) is 12.5 Å². The minimum Gasteiger partial charge on any atom is -0.480 e. The van der Waals surface area contributed by atoms with E-state index in [0.29, 0.717) is 13.0 Å². The number of hydrogen-bond donors (Lipinski definition) is 1. The molecule has 0 bridgehead atoms. The highest BCUT2D eigenvalue weighted by Gasteiger charge is 2.17. The highest BCUT2D eigenvalue weighted by atomic mass is 16.5. The lowest BCUT2D eigenvalue weighted by molar-refractivity contribution is -0.141. The summed E-state index contributed by atoms with van der Waals surface area (Å²) in [5, 5.41) is 8.90. The third-order valence-corrected chi connectivity index (χ3v) is 1.87. The first-order valence-corrected chi connectivity index (χ1v) is 4.10. The number of methoxy groups -OCH3 is 1. The summed E-state index contributed by atoms with van der Waals surface area (Å²) in [6.45, 7) is 0.454. The van der Waals surface area contributed by atoms with Crippen molar-refractivity contribution >= 4 is 5.97 Å².